The predicted octanol–water partition coefficient (Wildman–Crippen LogP) is 5.48. The van der Waals surface area contributed by atoms with Crippen LogP contribution in [0.15, 0.2) is 0 Å². The molecule has 7 unspecified atom stereocenters. The minimum atomic E-state index is -0.113. The van der Waals surface area contributed by atoms with Crippen molar-refractivity contribution in [1.29, 1.82) is 0 Å². The minimum Gasteiger partial charge on any atom is -0.299 e. The molecule has 0 N–H and O–H groups in total. The lowest BCUT2D eigenvalue weighted by Gasteiger charge is -2.47. The van der Waals surface area contributed by atoms with E-state index in [4.69, 9.17) is 0 Å². The number of rotatable bonds is 5. The maximum Gasteiger partial charge on any atom is 0.139 e. The van der Waals surface area contributed by atoms with E-state index in [-0.39, 0.29) is 5.41 Å². The highest BCUT2D eigenvalue weighted by molar-refractivity contribution is 5.84. The Labute approximate surface area is 136 Å². The highest BCUT2D eigenvalue weighted by Gasteiger charge is 2.66. The fourth-order valence-electron chi connectivity index (χ4n) is 7.36. The standard InChI is InChI=1S/C21H34O/c1-5-20(3,4)17(22)12-21(6-2)11-15-10-16(21)19-14-8-7-13(9-14)18(15)19/h13-16,18-19H,5-12H2,1-4H3. The molecule has 4 bridgehead atoms. The zero-order chi connectivity index (χ0) is 15.7. The van der Waals surface area contributed by atoms with Crippen molar-refractivity contribution in [1.82, 2.24) is 0 Å². The molecule has 0 aliphatic heterocycles. The summed E-state index contributed by atoms with van der Waals surface area (Å²) in [5.41, 5.74) is 0.262. The van der Waals surface area contributed by atoms with Gasteiger partial charge in [0.1, 0.15) is 5.78 Å². The molecule has 1 heteroatoms. The van der Waals surface area contributed by atoms with Gasteiger partial charge in [-0.1, -0.05) is 27.7 Å². The summed E-state index contributed by atoms with van der Waals surface area (Å²) in [6.07, 6.45) is 10.5. The monoisotopic (exact) mass is 302 g/mol. The molecule has 4 aliphatic rings. The Kier molecular flexibility index (Phi) is 3.34. The van der Waals surface area contributed by atoms with Crippen LogP contribution < -0.4 is 0 Å². The van der Waals surface area contributed by atoms with Gasteiger partial charge in [-0.05, 0) is 85.9 Å². The predicted molar refractivity (Wildman–Crippen MR) is 90.4 cm³/mol. The Morgan fingerprint density at radius 3 is 2.36 bits per heavy atom. The lowest BCUT2D eigenvalue weighted by Crippen LogP contribution is -2.42. The second-order valence-corrected chi connectivity index (χ2v) is 9.85. The summed E-state index contributed by atoms with van der Waals surface area (Å²) in [6, 6.07) is 0. The molecule has 4 fully saturated rings. The molecule has 1 nitrogen and oxygen atoms in total. The highest BCUT2D eigenvalue weighted by Crippen LogP contribution is 2.73. The fourth-order valence-corrected chi connectivity index (χ4v) is 7.36. The van der Waals surface area contributed by atoms with Crippen molar-refractivity contribution in [2.24, 2.45) is 46.3 Å². The summed E-state index contributed by atoms with van der Waals surface area (Å²) in [5.74, 6) is 6.59. The van der Waals surface area contributed by atoms with E-state index in [1.54, 1.807) is 0 Å². The second kappa shape index (κ2) is 4.84. The number of Topliss-reactive ketones (excluding diaryl/α,β-unsaturated/α-hetero) is 1. The summed E-state index contributed by atoms with van der Waals surface area (Å²) in [5, 5.41) is 0. The van der Waals surface area contributed by atoms with Crippen molar-refractivity contribution in [3.63, 3.8) is 0 Å². The van der Waals surface area contributed by atoms with Gasteiger partial charge in [-0.3, -0.25) is 4.79 Å². The van der Waals surface area contributed by atoms with Crippen molar-refractivity contribution in [3.8, 4) is 0 Å². The third-order valence-corrected chi connectivity index (χ3v) is 8.92. The molecule has 7 atom stereocenters. The average Bonchev–Trinajstić information content (AvgIpc) is 3.24. The number of carbonyl (C=O) groups excluding carboxylic acids is 1. The Bertz CT molecular complexity index is 478. The van der Waals surface area contributed by atoms with Crippen molar-refractivity contribution in [2.45, 2.75) is 79.1 Å². The molecule has 0 saturated heterocycles. The number of fused-ring (bicyclic) bond motifs is 9. The van der Waals surface area contributed by atoms with Crippen molar-refractivity contribution in [3.05, 3.63) is 0 Å². The fraction of sp³-hybridized carbons (Fsp3) is 0.952. The molecule has 0 spiro atoms. The number of hydrogen-bond donors (Lipinski definition) is 0. The highest BCUT2D eigenvalue weighted by atomic mass is 16.1. The molecule has 0 aromatic rings. The Hall–Kier alpha value is -0.330. The molecule has 22 heavy (non-hydrogen) atoms. The third-order valence-electron chi connectivity index (χ3n) is 8.92. The lowest BCUT2D eigenvalue weighted by atomic mass is 9.57. The van der Waals surface area contributed by atoms with Gasteiger partial charge in [0.05, 0.1) is 0 Å². The minimum absolute atomic E-state index is 0.113. The summed E-state index contributed by atoms with van der Waals surface area (Å²) in [6.45, 7) is 8.86. The molecule has 4 rings (SSSR count). The first-order valence-electron chi connectivity index (χ1n) is 9.95. The largest absolute Gasteiger partial charge is 0.299 e. The molecular formula is C21H34O. The Morgan fingerprint density at radius 2 is 1.73 bits per heavy atom. The van der Waals surface area contributed by atoms with Crippen LogP contribution in [0.1, 0.15) is 79.1 Å². The van der Waals surface area contributed by atoms with Crippen LogP contribution in [0, 0.1) is 46.3 Å². The molecule has 4 saturated carbocycles. The van der Waals surface area contributed by atoms with Crippen molar-refractivity contribution in [2.75, 3.05) is 0 Å². The Morgan fingerprint density at radius 1 is 1.05 bits per heavy atom. The van der Waals surface area contributed by atoms with Crippen LogP contribution in [0.2, 0.25) is 0 Å². The average molecular weight is 303 g/mol. The van der Waals surface area contributed by atoms with Crippen LogP contribution >= 0.6 is 0 Å². The van der Waals surface area contributed by atoms with E-state index in [1.807, 2.05) is 0 Å². The third kappa shape index (κ3) is 1.86. The topological polar surface area (TPSA) is 17.1 Å². The maximum atomic E-state index is 12.9. The van der Waals surface area contributed by atoms with Gasteiger partial charge in [0.2, 0.25) is 0 Å². The first-order chi connectivity index (χ1) is 10.4. The van der Waals surface area contributed by atoms with E-state index in [2.05, 4.69) is 27.7 Å². The quantitative estimate of drug-likeness (QED) is 0.614. The Balaban J connectivity index is 1.58. The SMILES string of the molecule is CCC(C)(C)C(=O)CC1(CC)CC2CC1C1C3CCC(C3)C21. The first kappa shape index (κ1) is 15.2. The van der Waals surface area contributed by atoms with Gasteiger partial charge in [-0.2, -0.15) is 0 Å². The summed E-state index contributed by atoms with van der Waals surface area (Å²) >= 11 is 0. The smallest absolute Gasteiger partial charge is 0.139 e. The molecule has 0 heterocycles. The van der Waals surface area contributed by atoms with Gasteiger partial charge >= 0.3 is 0 Å². The van der Waals surface area contributed by atoms with Crippen LogP contribution in [0.25, 0.3) is 0 Å². The van der Waals surface area contributed by atoms with Crippen molar-refractivity contribution < 1.29 is 4.79 Å². The number of hydrogen-bond acceptors (Lipinski definition) is 1. The van der Waals surface area contributed by atoms with E-state index in [1.165, 1.54) is 38.5 Å². The van der Waals surface area contributed by atoms with Gasteiger partial charge in [0.15, 0.2) is 0 Å². The van der Waals surface area contributed by atoms with E-state index >= 15 is 0 Å². The molecule has 0 aromatic heterocycles. The second-order valence-electron chi connectivity index (χ2n) is 9.85. The molecule has 0 aromatic carbocycles. The molecule has 0 radical (unpaired) electrons. The molecule has 0 amide bonds. The molecule has 124 valence electrons. The van der Waals surface area contributed by atoms with Crippen LogP contribution in [0.4, 0.5) is 0 Å². The zero-order valence-corrected chi connectivity index (χ0v) is 15.0. The summed E-state index contributed by atoms with van der Waals surface area (Å²) < 4.78 is 0. The van der Waals surface area contributed by atoms with Gasteiger partial charge in [0, 0.05) is 11.8 Å². The number of ketones is 1. The van der Waals surface area contributed by atoms with Gasteiger partial charge in [0.25, 0.3) is 0 Å². The summed E-state index contributed by atoms with van der Waals surface area (Å²) in [7, 11) is 0. The van der Waals surface area contributed by atoms with Gasteiger partial charge in [-0.15, -0.1) is 0 Å². The molecule has 4 aliphatic carbocycles. The van der Waals surface area contributed by atoms with E-state index in [9.17, 15) is 4.79 Å². The van der Waals surface area contributed by atoms with Crippen LogP contribution in [0.5, 0.6) is 0 Å². The van der Waals surface area contributed by atoms with Crippen LogP contribution in [0.3, 0.4) is 0 Å². The van der Waals surface area contributed by atoms with Crippen LogP contribution in [-0.4, -0.2) is 5.78 Å². The maximum absolute atomic E-state index is 12.9. The van der Waals surface area contributed by atoms with Crippen LogP contribution in [-0.2, 0) is 4.79 Å². The van der Waals surface area contributed by atoms with Gasteiger partial charge in [-0.25, -0.2) is 0 Å². The normalized spacial score (nSPS) is 48.9. The van der Waals surface area contributed by atoms with E-state index in [0.29, 0.717) is 11.2 Å². The van der Waals surface area contributed by atoms with E-state index < -0.39 is 0 Å². The lowest BCUT2D eigenvalue weighted by molar-refractivity contribution is -0.132. The van der Waals surface area contributed by atoms with Gasteiger partial charge < -0.3 is 0 Å². The zero-order valence-electron chi connectivity index (χ0n) is 15.0. The van der Waals surface area contributed by atoms with E-state index in [0.717, 1.165) is 48.3 Å². The number of carbonyl (C=O) groups is 1. The van der Waals surface area contributed by atoms with Crippen molar-refractivity contribution >= 4 is 5.78 Å². The first-order valence-corrected chi connectivity index (χ1v) is 9.95. The molecular weight excluding hydrogens is 268 g/mol. The summed E-state index contributed by atoms with van der Waals surface area (Å²) in [4.78, 5) is 12.9.